The Morgan fingerprint density at radius 1 is 1.03 bits per heavy atom. The molecule has 1 atom stereocenters. The predicted molar refractivity (Wildman–Crippen MR) is 130 cm³/mol. The van der Waals surface area contributed by atoms with Crippen LogP contribution in [0.5, 0.6) is 17.2 Å². The minimum absolute atomic E-state index is 0.193. The number of hydrogen-bond donors (Lipinski definition) is 1. The Labute approximate surface area is 206 Å². The van der Waals surface area contributed by atoms with Crippen LogP contribution in [0, 0.1) is 0 Å². The van der Waals surface area contributed by atoms with Crippen LogP contribution in [0.2, 0.25) is 5.15 Å². The summed E-state index contributed by atoms with van der Waals surface area (Å²) >= 11 is 6.60. The predicted octanol–water partition coefficient (Wildman–Crippen LogP) is 4.46. The molecular weight excluding hydrogens is 474 g/mol. The van der Waals surface area contributed by atoms with Gasteiger partial charge in [0.25, 0.3) is 0 Å². The van der Waals surface area contributed by atoms with Crippen LogP contribution in [0.1, 0.15) is 36.4 Å². The summed E-state index contributed by atoms with van der Waals surface area (Å²) in [5, 5.41) is 16.0. The second-order valence-electron chi connectivity index (χ2n) is 7.87. The Morgan fingerprint density at radius 3 is 2.46 bits per heavy atom. The number of hydrazone groups is 1. The molecule has 0 spiro atoms. The van der Waals surface area contributed by atoms with Gasteiger partial charge in [0.2, 0.25) is 5.91 Å². The van der Waals surface area contributed by atoms with Crippen LogP contribution >= 0.6 is 11.6 Å². The number of hydrogen-bond acceptors (Lipinski definition) is 7. The third-order valence-electron chi connectivity index (χ3n) is 5.80. The Balaban J connectivity index is 1.76. The first-order valence-corrected chi connectivity index (χ1v) is 11.2. The first-order chi connectivity index (χ1) is 16.9. The maximum absolute atomic E-state index is 13.0. The van der Waals surface area contributed by atoms with Gasteiger partial charge in [-0.1, -0.05) is 23.7 Å². The van der Waals surface area contributed by atoms with Crippen LogP contribution in [-0.2, 0) is 9.59 Å². The zero-order chi connectivity index (χ0) is 25.1. The lowest BCUT2D eigenvalue weighted by Crippen LogP contribution is -2.27. The van der Waals surface area contributed by atoms with Crippen molar-refractivity contribution in [3.8, 4) is 17.2 Å². The van der Waals surface area contributed by atoms with Crippen LogP contribution in [0.4, 0.5) is 0 Å². The molecule has 2 heterocycles. The highest BCUT2D eigenvalue weighted by molar-refractivity contribution is 6.30. The lowest BCUT2D eigenvalue weighted by Gasteiger charge is -2.23. The quantitative estimate of drug-likeness (QED) is 0.457. The van der Waals surface area contributed by atoms with Gasteiger partial charge in [0.05, 0.1) is 39.5 Å². The molecule has 1 amide bonds. The van der Waals surface area contributed by atoms with E-state index in [1.165, 1.54) is 12.1 Å². The Hall–Kier alpha value is -3.85. The number of amides is 1. The number of benzene rings is 2. The van der Waals surface area contributed by atoms with Crippen molar-refractivity contribution in [3.63, 3.8) is 0 Å². The molecule has 0 bridgehead atoms. The van der Waals surface area contributed by atoms with E-state index in [4.69, 9.17) is 30.9 Å². The summed E-state index contributed by atoms with van der Waals surface area (Å²) in [5.74, 6) is 0.193. The summed E-state index contributed by atoms with van der Waals surface area (Å²) in [4.78, 5) is 28.6. The van der Waals surface area contributed by atoms with E-state index in [0.29, 0.717) is 40.5 Å². The maximum Gasteiger partial charge on any atom is 0.303 e. The number of methoxy groups -OCH3 is 3. The van der Waals surface area contributed by atoms with E-state index >= 15 is 0 Å². The smallest absolute Gasteiger partial charge is 0.303 e. The number of carboxylic acid groups (broad SMARTS) is 1. The standard InChI is InChI=1S/C25H24ClN3O6/c1-33-19-8-7-14(12-21(19)35-3)17-13-18(29(28-17)22(30)9-10-23(31)32)16-11-15-5-4-6-20(34-2)24(15)27-25(16)26/h4-8,11-12,18H,9-10,13H2,1-3H3,(H,31,32). The molecule has 0 saturated carbocycles. The molecule has 1 aliphatic rings. The van der Waals surface area contributed by atoms with E-state index in [1.807, 2.05) is 24.3 Å². The Kier molecular flexibility index (Phi) is 7.07. The van der Waals surface area contributed by atoms with Gasteiger partial charge in [0.1, 0.15) is 16.4 Å². The lowest BCUT2D eigenvalue weighted by atomic mass is 9.98. The van der Waals surface area contributed by atoms with Crippen molar-refractivity contribution >= 4 is 40.1 Å². The van der Waals surface area contributed by atoms with Crippen LogP contribution in [0.3, 0.4) is 0 Å². The summed E-state index contributed by atoms with van der Waals surface area (Å²) in [6.07, 6.45) is -0.143. The van der Waals surface area contributed by atoms with Crippen molar-refractivity contribution in [1.29, 1.82) is 0 Å². The van der Waals surface area contributed by atoms with E-state index in [-0.39, 0.29) is 18.0 Å². The van der Waals surface area contributed by atoms with Gasteiger partial charge in [-0.15, -0.1) is 0 Å². The van der Waals surface area contributed by atoms with Crippen molar-refractivity contribution in [2.75, 3.05) is 21.3 Å². The van der Waals surface area contributed by atoms with Crippen molar-refractivity contribution in [2.45, 2.75) is 25.3 Å². The molecule has 2 aromatic carbocycles. The van der Waals surface area contributed by atoms with Gasteiger partial charge in [-0.05, 0) is 30.3 Å². The van der Waals surface area contributed by atoms with Crippen molar-refractivity contribution in [3.05, 3.63) is 58.7 Å². The first kappa shape index (κ1) is 24.3. The van der Waals surface area contributed by atoms with Crippen LogP contribution in [-0.4, -0.2) is 54.0 Å². The van der Waals surface area contributed by atoms with Crippen molar-refractivity contribution < 1.29 is 28.9 Å². The zero-order valence-corrected chi connectivity index (χ0v) is 20.2. The van der Waals surface area contributed by atoms with Gasteiger partial charge in [-0.25, -0.2) is 9.99 Å². The third kappa shape index (κ3) is 4.85. The summed E-state index contributed by atoms with van der Waals surface area (Å²) in [7, 11) is 4.64. The maximum atomic E-state index is 13.0. The molecule has 1 aromatic heterocycles. The summed E-state index contributed by atoms with van der Waals surface area (Å²) in [5.41, 5.74) is 2.58. The van der Waals surface area contributed by atoms with Gasteiger partial charge in [-0.2, -0.15) is 5.10 Å². The minimum Gasteiger partial charge on any atom is -0.494 e. The van der Waals surface area contributed by atoms with Crippen molar-refractivity contribution in [2.24, 2.45) is 5.10 Å². The van der Waals surface area contributed by atoms with Crippen LogP contribution in [0.15, 0.2) is 47.6 Å². The fourth-order valence-corrected chi connectivity index (χ4v) is 4.33. The first-order valence-electron chi connectivity index (χ1n) is 10.8. The fourth-order valence-electron chi connectivity index (χ4n) is 4.06. The van der Waals surface area contributed by atoms with Gasteiger partial charge in [-0.3, -0.25) is 9.59 Å². The van der Waals surface area contributed by atoms with E-state index in [2.05, 4.69) is 10.1 Å². The number of pyridine rings is 1. The highest BCUT2D eigenvalue weighted by Gasteiger charge is 2.35. The van der Waals surface area contributed by atoms with Gasteiger partial charge in [0.15, 0.2) is 11.5 Å². The Bertz CT molecular complexity index is 1330. The number of carboxylic acids is 1. The number of carbonyl (C=O) groups excluding carboxylic acids is 1. The second-order valence-corrected chi connectivity index (χ2v) is 8.23. The summed E-state index contributed by atoms with van der Waals surface area (Å²) in [6.45, 7) is 0. The number of nitrogens with zero attached hydrogens (tertiary/aromatic N) is 3. The fraction of sp³-hybridized carbons (Fsp3) is 0.280. The normalized spacial score (nSPS) is 15.1. The molecule has 35 heavy (non-hydrogen) atoms. The molecule has 1 N–H and O–H groups in total. The molecule has 9 nitrogen and oxygen atoms in total. The molecule has 0 aliphatic carbocycles. The number of carbonyl (C=O) groups is 2. The largest absolute Gasteiger partial charge is 0.494 e. The third-order valence-corrected chi connectivity index (χ3v) is 6.11. The molecule has 182 valence electrons. The number of aromatic nitrogens is 1. The SMILES string of the molecule is COc1ccc(C2=NN(C(=O)CCC(=O)O)C(c3cc4cccc(OC)c4nc3Cl)C2)cc1OC. The molecule has 3 aromatic rings. The Morgan fingerprint density at radius 2 is 1.77 bits per heavy atom. The van der Waals surface area contributed by atoms with Crippen LogP contribution < -0.4 is 14.2 Å². The topological polar surface area (TPSA) is 111 Å². The average molecular weight is 498 g/mol. The van der Waals surface area contributed by atoms with E-state index in [1.54, 1.807) is 32.4 Å². The molecule has 10 heteroatoms. The number of fused-ring (bicyclic) bond motifs is 1. The molecule has 4 rings (SSSR count). The zero-order valence-electron chi connectivity index (χ0n) is 19.4. The molecule has 0 fully saturated rings. The highest BCUT2D eigenvalue weighted by Crippen LogP contribution is 2.39. The molecule has 0 saturated heterocycles. The number of rotatable bonds is 8. The summed E-state index contributed by atoms with van der Waals surface area (Å²) in [6, 6.07) is 12.2. The minimum atomic E-state index is -1.06. The molecule has 1 unspecified atom stereocenters. The average Bonchev–Trinajstić information content (AvgIpc) is 3.31. The highest BCUT2D eigenvalue weighted by atomic mass is 35.5. The number of para-hydroxylation sites is 1. The lowest BCUT2D eigenvalue weighted by molar-refractivity contribution is -0.141. The summed E-state index contributed by atoms with van der Waals surface area (Å²) < 4.78 is 16.1. The van der Waals surface area contributed by atoms with Crippen LogP contribution in [0.25, 0.3) is 10.9 Å². The van der Waals surface area contributed by atoms with E-state index in [9.17, 15) is 9.59 Å². The van der Waals surface area contributed by atoms with E-state index in [0.717, 1.165) is 10.9 Å². The number of halogens is 1. The van der Waals surface area contributed by atoms with Gasteiger partial charge < -0.3 is 19.3 Å². The number of ether oxygens (including phenoxy) is 3. The monoisotopic (exact) mass is 497 g/mol. The van der Waals surface area contributed by atoms with Crippen molar-refractivity contribution in [1.82, 2.24) is 9.99 Å². The van der Waals surface area contributed by atoms with E-state index < -0.39 is 17.9 Å². The molecule has 0 radical (unpaired) electrons. The molecular formula is C25H24ClN3O6. The number of aliphatic carboxylic acids is 1. The molecule has 1 aliphatic heterocycles. The second kappa shape index (κ2) is 10.2. The van der Waals surface area contributed by atoms with Gasteiger partial charge in [0, 0.05) is 29.4 Å². The van der Waals surface area contributed by atoms with Gasteiger partial charge >= 0.3 is 5.97 Å².